The first-order valence-corrected chi connectivity index (χ1v) is 6.84. The van der Waals surface area contributed by atoms with Crippen molar-refractivity contribution in [1.82, 2.24) is 9.59 Å². The lowest BCUT2D eigenvalue weighted by Gasteiger charge is -2.09. The normalized spacial score (nSPS) is 10.7. The van der Waals surface area contributed by atoms with Crippen LogP contribution in [0.5, 0.6) is 0 Å². The van der Waals surface area contributed by atoms with E-state index in [9.17, 15) is 14.0 Å². The lowest BCUT2D eigenvalue weighted by atomic mass is 10.1. The van der Waals surface area contributed by atoms with Gasteiger partial charge in [-0.05, 0) is 35.6 Å². The number of nitrogens with zero attached hydrogens (tertiary/aromatic N) is 2. The maximum Gasteiger partial charge on any atom is 0.337 e. The number of halogens is 1. The van der Waals surface area contributed by atoms with Crippen LogP contribution in [-0.2, 0) is 0 Å². The highest BCUT2D eigenvalue weighted by Gasteiger charge is 2.21. The molecule has 0 bridgehead atoms. The Kier molecular flexibility index (Phi) is 4.27. The summed E-state index contributed by atoms with van der Waals surface area (Å²) in [5.74, 6) is -2.45. The van der Waals surface area contributed by atoms with Crippen LogP contribution in [0.4, 0.5) is 10.1 Å². The van der Waals surface area contributed by atoms with Crippen molar-refractivity contribution in [3.8, 4) is 0 Å². The second kappa shape index (κ2) is 5.96. The second-order valence-electron chi connectivity index (χ2n) is 4.59. The molecule has 0 spiro atoms. The van der Waals surface area contributed by atoms with E-state index in [0.717, 1.165) is 29.7 Å². The third-order valence-corrected chi connectivity index (χ3v) is 3.47. The van der Waals surface area contributed by atoms with E-state index in [2.05, 4.69) is 14.9 Å². The molecule has 0 fully saturated rings. The molecule has 110 valence electrons. The molecule has 0 aliphatic carbocycles. The predicted octanol–water partition coefficient (Wildman–Crippen LogP) is 2.75. The van der Waals surface area contributed by atoms with E-state index >= 15 is 0 Å². The molecule has 2 N–H and O–H groups in total. The number of carbonyl (C=O) groups is 2. The zero-order valence-corrected chi connectivity index (χ0v) is 12.1. The molecule has 2 aromatic rings. The molecule has 8 heteroatoms. The van der Waals surface area contributed by atoms with Gasteiger partial charge in [-0.25, -0.2) is 9.18 Å². The van der Waals surface area contributed by atoms with Crippen LogP contribution in [0.25, 0.3) is 0 Å². The van der Waals surface area contributed by atoms with Crippen LogP contribution in [0.15, 0.2) is 18.2 Å². The fourth-order valence-electron chi connectivity index (χ4n) is 1.72. The van der Waals surface area contributed by atoms with E-state index in [1.807, 2.05) is 13.8 Å². The number of aromatic nitrogens is 2. The first-order valence-electron chi connectivity index (χ1n) is 6.06. The minimum Gasteiger partial charge on any atom is -0.478 e. The van der Waals surface area contributed by atoms with Gasteiger partial charge in [0.2, 0.25) is 0 Å². The lowest BCUT2D eigenvalue weighted by Crippen LogP contribution is -2.16. The molecule has 0 radical (unpaired) electrons. The van der Waals surface area contributed by atoms with Crippen molar-refractivity contribution in [2.24, 2.45) is 0 Å². The third-order valence-electron chi connectivity index (χ3n) is 2.73. The zero-order valence-electron chi connectivity index (χ0n) is 11.3. The molecule has 0 unspecified atom stereocenters. The summed E-state index contributed by atoms with van der Waals surface area (Å²) in [6.45, 7) is 3.72. The number of hydrogen-bond acceptors (Lipinski definition) is 5. The Hall–Kier alpha value is -2.35. The molecular formula is C13H12FN3O3S. The predicted molar refractivity (Wildman–Crippen MR) is 75.3 cm³/mol. The van der Waals surface area contributed by atoms with Gasteiger partial charge in [-0.2, -0.15) is 0 Å². The molecule has 0 saturated heterocycles. The summed E-state index contributed by atoms with van der Waals surface area (Å²) in [7, 11) is 0. The van der Waals surface area contributed by atoms with Gasteiger partial charge in [0.1, 0.15) is 10.7 Å². The number of amides is 1. The van der Waals surface area contributed by atoms with Crippen molar-refractivity contribution in [3.05, 3.63) is 40.2 Å². The number of carbonyl (C=O) groups excluding carboxylic acids is 1. The second-order valence-corrected chi connectivity index (χ2v) is 5.35. The van der Waals surface area contributed by atoms with Crippen LogP contribution in [0.1, 0.15) is 45.5 Å². The topological polar surface area (TPSA) is 92.2 Å². The summed E-state index contributed by atoms with van der Waals surface area (Å²) in [4.78, 5) is 23.6. The smallest absolute Gasteiger partial charge is 0.337 e. The van der Waals surface area contributed by atoms with Crippen LogP contribution in [0.3, 0.4) is 0 Å². The highest BCUT2D eigenvalue weighted by Crippen LogP contribution is 2.23. The van der Waals surface area contributed by atoms with Gasteiger partial charge in [-0.1, -0.05) is 18.3 Å². The van der Waals surface area contributed by atoms with Crippen molar-refractivity contribution in [1.29, 1.82) is 0 Å². The summed E-state index contributed by atoms with van der Waals surface area (Å²) in [5, 5.41) is 15.3. The molecule has 1 heterocycles. The van der Waals surface area contributed by atoms with Gasteiger partial charge in [0.05, 0.1) is 16.9 Å². The van der Waals surface area contributed by atoms with E-state index in [1.165, 1.54) is 0 Å². The highest BCUT2D eigenvalue weighted by molar-refractivity contribution is 7.08. The Labute approximate surface area is 123 Å². The van der Waals surface area contributed by atoms with Gasteiger partial charge < -0.3 is 10.4 Å². The number of aromatic carboxylic acids is 1. The number of benzene rings is 1. The van der Waals surface area contributed by atoms with Gasteiger partial charge in [0, 0.05) is 0 Å². The molecule has 0 atom stereocenters. The van der Waals surface area contributed by atoms with Crippen molar-refractivity contribution in [2.45, 2.75) is 19.8 Å². The van der Waals surface area contributed by atoms with Gasteiger partial charge in [-0.15, -0.1) is 5.10 Å². The maximum atomic E-state index is 13.2. The Morgan fingerprint density at radius 3 is 2.71 bits per heavy atom. The number of rotatable bonds is 4. The molecule has 0 aliphatic rings. The van der Waals surface area contributed by atoms with Gasteiger partial charge in [-0.3, -0.25) is 4.79 Å². The SMILES string of the molecule is CC(C)c1nnsc1C(=O)Nc1cc(F)ccc1C(=O)O. The zero-order chi connectivity index (χ0) is 15.6. The summed E-state index contributed by atoms with van der Waals surface area (Å²) < 4.78 is 17.0. The Balaban J connectivity index is 2.33. The van der Waals surface area contributed by atoms with Crippen molar-refractivity contribution >= 4 is 29.1 Å². The number of anilines is 1. The maximum absolute atomic E-state index is 13.2. The van der Waals surface area contributed by atoms with Crippen LogP contribution in [0.2, 0.25) is 0 Å². The summed E-state index contributed by atoms with van der Waals surface area (Å²) in [6.07, 6.45) is 0. The highest BCUT2D eigenvalue weighted by atomic mass is 32.1. The molecular weight excluding hydrogens is 297 g/mol. The quantitative estimate of drug-likeness (QED) is 0.906. The first kappa shape index (κ1) is 15.0. The Morgan fingerprint density at radius 1 is 1.38 bits per heavy atom. The first-order chi connectivity index (χ1) is 9.90. The number of nitrogens with one attached hydrogen (secondary N) is 1. The third kappa shape index (κ3) is 3.22. The molecule has 1 aromatic heterocycles. The average molecular weight is 309 g/mol. The van der Waals surface area contributed by atoms with Crippen LogP contribution in [-0.4, -0.2) is 26.6 Å². The lowest BCUT2D eigenvalue weighted by molar-refractivity contribution is 0.0698. The van der Waals surface area contributed by atoms with Crippen molar-refractivity contribution in [3.63, 3.8) is 0 Å². The van der Waals surface area contributed by atoms with Crippen molar-refractivity contribution < 1.29 is 19.1 Å². The Bertz CT molecular complexity index is 700. The van der Waals surface area contributed by atoms with Crippen LogP contribution >= 0.6 is 11.5 Å². The number of carboxylic acid groups (broad SMARTS) is 1. The molecule has 2 rings (SSSR count). The van der Waals surface area contributed by atoms with E-state index < -0.39 is 17.7 Å². The molecule has 0 saturated carbocycles. The largest absolute Gasteiger partial charge is 0.478 e. The fourth-order valence-corrected chi connectivity index (χ4v) is 2.43. The van der Waals surface area contributed by atoms with Gasteiger partial charge >= 0.3 is 5.97 Å². The van der Waals surface area contributed by atoms with E-state index in [1.54, 1.807) is 0 Å². The van der Waals surface area contributed by atoms with Crippen LogP contribution < -0.4 is 5.32 Å². The number of hydrogen-bond donors (Lipinski definition) is 2. The van der Waals surface area contributed by atoms with Crippen molar-refractivity contribution in [2.75, 3.05) is 5.32 Å². The average Bonchev–Trinajstić information content (AvgIpc) is 2.87. The fraction of sp³-hybridized carbons (Fsp3) is 0.231. The molecule has 21 heavy (non-hydrogen) atoms. The molecule has 1 amide bonds. The minimum absolute atomic E-state index is 0.00375. The Morgan fingerprint density at radius 2 is 2.10 bits per heavy atom. The van der Waals surface area contributed by atoms with Crippen LogP contribution in [0, 0.1) is 5.82 Å². The summed E-state index contributed by atoms with van der Waals surface area (Å²) in [5.41, 5.74) is 0.231. The molecule has 1 aromatic carbocycles. The van der Waals surface area contributed by atoms with E-state index in [-0.39, 0.29) is 22.0 Å². The standard InChI is InChI=1S/C13H12FN3O3S/c1-6(2)10-11(21-17-16-10)12(18)15-9-5-7(14)3-4-8(9)13(19)20/h3-6H,1-2H3,(H,15,18)(H,19,20). The number of carboxylic acids is 1. The molecule has 0 aliphatic heterocycles. The summed E-state index contributed by atoms with van der Waals surface area (Å²) in [6, 6.07) is 3.08. The van der Waals surface area contributed by atoms with E-state index in [0.29, 0.717) is 5.69 Å². The van der Waals surface area contributed by atoms with Gasteiger partial charge in [0.15, 0.2) is 0 Å². The monoisotopic (exact) mass is 309 g/mol. The molecule has 6 nitrogen and oxygen atoms in total. The van der Waals surface area contributed by atoms with Gasteiger partial charge in [0.25, 0.3) is 5.91 Å². The minimum atomic E-state index is -1.25. The summed E-state index contributed by atoms with van der Waals surface area (Å²) >= 11 is 0.909. The van der Waals surface area contributed by atoms with E-state index in [4.69, 9.17) is 5.11 Å².